The van der Waals surface area contributed by atoms with Crippen LogP contribution in [0.2, 0.25) is 0 Å². The van der Waals surface area contributed by atoms with Crippen molar-refractivity contribution in [1.29, 1.82) is 0 Å². The van der Waals surface area contributed by atoms with Crippen LogP contribution < -0.4 is 20.3 Å². The van der Waals surface area contributed by atoms with Gasteiger partial charge >= 0.3 is 0 Å². The van der Waals surface area contributed by atoms with Gasteiger partial charge in [0.05, 0.1) is 11.1 Å². The fraction of sp³-hybridized carbons (Fsp3) is 0.238. The lowest BCUT2D eigenvalue weighted by Gasteiger charge is -2.13. The van der Waals surface area contributed by atoms with Gasteiger partial charge in [-0.15, -0.1) is 0 Å². The first kappa shape index (κ1) is 19.4. The highest BCUT2D eigenvalue weighted by molar-refractivity contribution is 6.21. The molecule has 2 aliphatic heterocycles. The average Bonchev–Trinajstić information content (AvgIpc) is 3.29. The second-order valence-electron chi connectivity index (χ2n) is 6.98. The Morgan fingerprint density at radius 2 is 1.73 bits per heavy atom. The van der Waals surface area contributed by atoms with Gasteiger partial charge in [-0.3, -0.25) is 34.9 Å². The minimum atomic E-state index is -0.502. The van der Waals surface area contributed by atoms with Crippen LogP contribution in [0, 0.1) is 6.92 Å². The molecule has 2 heterocycles. The van der Waals surface area contributed by atoms with E-state index in [2.05, 4.69) is 10.9 Å². The maximum atomic E-state index is 12.4. The molecule has 2 N–H and O–H groups in total. The zero-order valence-corrected chi connectivity index (χ0v) is 16.2. The molecule has 0 atom stereocenters. The Hall–Kier alpha value is -3.88. The van der Waals surface area contributed by atoms with E-state index in [1.165, 1.54) is 6.07 Å². The van der Waals surface area contributed by atoms with Crippen LogP contribution in [0.1, 0.15) is 49.5 Å². The molecule has 9 heteroatoms. The van der Waals surface area contributed by atoms with E-state index in [1.807, 2.05) is 6.92 Å². The second kappa shape index (κ2) is 7.86. The van der Waals surface area contributed by atoms with Crippen molar-refractivity contribution < 1.29 is 28.7 Å². The zero-order chi connectivity index (χ0) is 21.3. The molecule has 0 saturated carbocycles. The predicted molar refractivity (Wildman–Crippen MR) is 104 cm³/mol. The number of nitrogens with zero attached hydrogens (tertiary/aromatic N) is 1. The molecule has 0 aliphatic carbocycles. The van der Waals surface area contributed by atoms with Gasteiger partial charge in [-0.2, -0.15) is 0 Å². The summed E-state index contributed by atoms with van der Waals surface area (Å²) in [6, 6.07) is 9.80. The number of nitrogens with one attached hydrogen (secondary N) is 2. The van der Waals surface area contributed by atoms with Gasteiger partial charge in [0.15, 0.2) is 11.5 Å². The number of carbonyl (C=O) groups excluding carboxylic acids is 4. The summed E-state index contributed by atoms with van der Waals surface area (Å²) in [6.07, 6.45) is 0.310. The number of hydrazine groups is 1. The highest BCUT2D eigenvalue weighted by Gasteiger charge is 2.34. The van der Waals surface area contributed by atoms with Crippen molar-refractivity contribution in [3.63, 3.8) is 0 Å². The summed E-state index contributed by atoms with van der Waals surface area (Å²) in [5, 5.41) is 0. The SMILES string of the molecule is Cc1ccc2c(c1)C(=O)N(CCCC(=O)NNC(=O)c1ccc3c(c1)OCO3)C2=O. The van der Waals surface area contributed by atoms with Crippen LogP contribution in [-0.4, -0.2) is 41.9 Å². The van der Waals surface area contributed by atoms with E-state index in [9.17, 15) is 19.2 Å². The van der Waals surface area contributed by atoms with Crippen LogP contribution in [0.4, 0.5) is 0 Å². The van der Waals surface area contributed by atoms with Gasteiger partial charge in [-0.25, -0.2) is 0 Å². The van der Waals surface area contributed by atoms with Gasteiger partial charge in [-0.05, 0) is 43.7 Å². The lowest BCUT2D eigenvalue weighted by atomic mass is 10.1. The van der Waals surface area contributed by atoms with Gasteiger partial charge in [0.1, 0.15) is 0 Å². The maximum Gasteiger partial charge on any atom is 0.269 e. The summed E-state index contributed by atoms with van der Waals surface area (Å²) in [6.45, 7) is 2.07. The van der Waals surface area contributed by atoms with Crippen LogP contribution in [0.15, 0.2) is 36.4 Å². The summed E-state index contributed by atoms with van der Waals surface area (Å²) in [5.74, 6) is -0.625. The van der Waals surface area contributed by atoms with E-state index in [4.69, 9.17) is 9.47 Å². The maximum absolute atomic E-state index is 12.4. The third-order valence-corrected chi connectivity index (χ3v) is 4.86. The number of hydrogen-bond donors (Lipinski definition) is 2. The van der Waals surface area contributed by atoms with Crippen molar-refractivity contribution in [3.8, 4) is 11.5 Å². The minimum absolute atomic E-state index is 0.0356. The van der Waals surface area contributed by atoms with Gasteiger partial charge in [0.25, 0.3) is 17.7 Å². The van der Waals surface area contributed by atoms with Gasteiger partial charge in [-0.1, -0.05) is 11.6 Å². The molecule has 2 aromatic carbocycles. The topological polar surface area (TPSA) is 114 Å². The molecule has 0 fully saturated rings. The number of imide groups is 1. The van der Waals surface area contributed by atoms with E-state index < -0.39 is 11.8 Å². The van der Waals surface area contributed by atoms with Crippen LogP contribution in [0.25, 0.3) is 0 Å². The molecule has 9 nitrogen and oxygen atoms in total. The molecule has 154 valence electrons. The van der Waals surface area contributed by atoms with E-state index in [-0.39, 0.29) is 38.0 Å². The normalized spacial score (nSPS) is 14.0. The Balaban J connectivity index is 1.24. The number of rotatable bonds is 5. The molecule has 0 radical (unpaired) electrons. The molecule has 2 aliphatic rings. The molecule has 4 rings (SSSR count). The number of hydrogen-bond acceptors (Lipinski definition) is 6. The number of aryl methyl sites for hydroxylation is 1. The van der Waals surface area contributed by atoms with E-state index in [0.717, 1.165) is 10.5 Å². The molecule has 4 amide bonds. The molecule has 30 heavy (non-hydrogen) atoms. The van der Waals surface area contributed by atoms with Crippen LogP contribution in [0.5, 0.6) is 11.5 Å². The van der Waals surface area contributed by atoms with Crippen molar-refractivity contribution in [3.05, 3.63) is 58.7 Å². The first-order valence-electron chi connectivity index (χ1n) is 9.40. The summed E-state index contributed by atoms with van der Waals surface area (Å²) >= 11 is 0. The molecular formula is C21H19N3O6. The highest BCUT2D eigenvalue weighted by atomic mass is 16.7. The predicted octanol–water partition coefficient (Wildman–Crippen LogP) is 1.56. The molecule has 0 aromatic heterocycles. The number of amides is 4. The number of benzene rings is 2. The van der Waals surface area contributed by atoms with Crippen molar-refractivity contribution in [2.45, 2.75) is 19.8 Å². The quantitative estimate of drug-likeness (QED) is 0.572. The average molecular weight is 409 g/mol. The summed E-state index contributed by atoms with van der Waals surface area (Å²) in [4.78, 5) is 50.1. The van der Waals surface area contributed by atoms with Crippen molar-refractivity contribution in [2.24, 2.45) is 0 Å². The Labute approximate surface area is 171 Å². The van der Waals surface area contributed by atoms with Gasteiger partial charge in [0.2, 0.25) is 12.7 Å². The third kappa shape index (κ3) is 3.69. The molecule has 0 saturated heterocycles. The Morgan fingerprint density at radius 3 is 2.57 bits per heavy atom. The van der Waals surface area contributed by atoms with Crippen LogP contribution in [-0.2, 0) is 4.79 Å². The second-order valence-corrected chi connectivity index (χ2v) is 6.98. The fourth-order valence-corrected chi connectivity index (χ4v) is 3.30. The standard InChI is InChI=1S/C21H19N3O6/c1-12-4-6-14-15(9-12)21(28)24(20(14)27)8-2-3-18(25)22-23-19(26)13-5-7-16-17(10-13)30-11-29-16/h4-7,9-10H,2-3,8,11H2,1H3,(H,22,25)(H,23,26). The number of carbonyl (C=O) groups is 4. The number of ether oxygens (including phenoxy) is 2. The first-order valence-corrected chi connectivity index (χ1v) is 9.40. The molecular weight excluding hydrogens is 390 g/mol. The van der Waals surface area contributed by atoms with Crippen molar-refractivity contribution in [1.82, 2.24) is 15.8 Å². The van der Waals surface area contributed by atoms with E-state index in [0.29, 0.717) is 28.2 Å². The zero-order valence-electron chi connectivity index (χ0n) is 16.2. The Bertz CT molecular complexity index is 1060. The van der Waals surface area contributed by atoms with Gasteiger partial charge in [0, 0.05) is 18.5 Å². The smallest absolute Gasteiger partial charge is 0.269 e. The van der Waals surface area contributed by atoms with E-state index in [1.54, 1.807) is 30.3 Å². The monoisotopic (exact) mass is 409 g/mol. The van der Waals surface area contributed by atoms with Crippen LogP contribution >= 0.6 is 0 Å². The Kier molecular flexibility index (Phi) is 5.09. The summed E-state index contributed by atoms with van der Waals surface area (Å²) < 4.78 is 10.4. The molecule has 0 spiro atoms. The third-order valence-electron chi connectivity index (χ3n) is 4.86. The largest absolute Gasteiger partial charge is 0.454 e. The van der Waals surface area contributed by atoms with E-state index >= 15 is 0 Å². The van der Waals surface area contributed by atoms with Crippen molar-refractivity contribution in [2.75, 3.05) is 13.3 Å². The summed E-state index contributed by atoms with van der Waals surface area (Å²) in [5.41, 5.74) is 6.62. The molecule has 2 aromatic rings. The van der Waals surface area contributed by atoms with Crippen LogP contribution in [0.3, 0.4) is 0 Å². The lowest BCUT2D eigenvalue weighted by molar-refractivity contribution is -0.122. The number of fused-ring (bicyclic) bond motifs is 2. The lowest BCUT2D eigenvalue weighted by Crippen LogP contribution is -2.42. The molecule has 0 unspecified atom stereocenters. The minimum Gasteiger partial charge on any atom is -0.454 e. The van der Waals surface area contributed by atoms with Gasteiger partial charge < -0.3 is 9.47 Å². The fourth-order valence-electron chi connectivity index (χ4n) is 3.30. The Morgan fingerprint density at radius 1 is 0.967 bits per heavy atom. The van der Waals surface area contributed by atoms with Crippen molar-refractivity contribution >= 4 is 23.6 Å². The molecule has 0 bridgehead atoms. The highest BCUT2D eigenvalue weighted by Crippen LogP contribution is 2.32. The first-order chi connectivity index (χ1) is 14.4. The summed E-state index contributed by atoms with van der Waals surface area (Å²) in [7, 11) is 0.